The van der Waals surface area contributed by atoms with Crippen LogP contribution in [-0.4, -0.2) is 16.3 Å². The number of aryl methyl sites for hydroxylation is 1. The number of aliphatic hydroxyl groups excluding tert-OH is 1. The summed E-state index contributed by atoms with van der Waals surface area (Å²) in [6, 6.07) is 5.81. The molecule has 0 unspecified atom stereocenters. The highest BCUT2D eigenvalue weighted by molar-refractivity contribution is 5.73. The molecule has 1 aromatic rings. The monoisotopic (exact) mass is 270 g/mol. The predicted octanol–water partition coefficient (Wildman–Crippen LogP) is 3.52. The van der Waals surface area contributed by atoms with Crippen LogP contribution in [0.4, 0.5) is 0 Å². The van der Waals surface area contributed by atoms with Crippen molar-refractivity contribution < 1.29 is 10.2 Å². The molecule has 2 heteroatoms. The van der Waals surface area contributed by atoms with Crippen molar-refractivity contribution in [3.05, 3.63) is 35.4 Å². The summed E-state index contributed by atoms with van der Waals surface area (Å²) in [5, 5.41) is 20.0. The van der Waals surface area contributed by atoms with Crippen molar-refractivity contribution in [3.63, 3.8) is 0 Å². The zero-order valence-corrected chi connectivity index (χ0v) is 12.0. The van der Waals surface area contributed by atoms with Crippen LogP contribution >= 0.6 is 0 Å². The Kier molecular flexibility index (Phi) is 2.56. The lowest BCUT2D eigenvalue weighted by molar-refractivity contribution is 0.0251. The average Bonchev–Trinajstić information content (AvgIpc) is 2.74. The smallest absolute Gasteiger partial charge is 0.115 e. The minimum absolute atomic E-state index is 0.0859. The molecule has 1 fully saturated rings. The third kappa shape index (κ3) is 1.54. The number of allylic oxidation sites excluding steroid dienone is 2. The van der Waals surface area contributed by atoms with Gasteiger partial charge in [-0.3, -0.25) is 0 Å². The number of phenols is 1. The van der Waals surface area contributed by atoms with Crippen molar-refractivity contribution in [2.75, 3.05) is 0 Å². The first-order valence-corrected chi connectivity index (χ1v) is 7.80. The Morgan fingerprint density at radius 2 is 2.05 bits per heavy atom. The SMILES string of the molecule is C[C@]12CC=C3c4ccc(O)cc4CC[C@@H]3[C@H]1CC[C@H]2O. The van der Waals surface area contributed by atoms with Gasteiger partial charge in [0.1, 0.15) is 5.75 Å². The summed E-state index contributed by atoms with van der Waals surface area (Å²) in [5.74, 6) is 1.60. The third-order valence-corrected chi connectivity index (χ3v) is 6.13. The Hall–Kier alpha value is -1.28. The van der Waals surface area contributed by atoms with Crippen molar-refractivity contribution >= 4 is 5.57 Å². The van der Waals surface area contributed by atoms with Crippen LogP contribution in [-0.2, 0) is 6.42 Å². The van der Waals surface area contributed by atoms with Gasteiger partial charge in [-0.05, 0) is 72.8 Å². The Morgan fingerprint density at radius 1 is 1.20 bits per heavy atom. The molecule has 2 nitrogen and oxygen atoms in total. The Morgan fingerprint density at radius 3 is 2.90 bits per heavy atom. The van der Waals surface area contributed by atoms with Crippen molar-refractivity contribution in [2.24, 2.45) is 17.3 Å². The van der Waals surface area contributed by atoms with E-state index in [1.165, 1.54) is 16.7 Å². The van der Waals surface area contributed by atoms with E-state index in [0.717, 1.165) is 32.1 Å². The highest BCUT2D eigenvalue weighted by Gasteiger charge is 2.51. The Balaban J connectivity index is 1.79. The largest absolute Gasteiger partial charge is 0.508 e. The number of aromatic hydroxyl groups is 1. The summed E-state index contributed by atoms with van der Waals surface area (Å²) in [4.78, 5) is 0. The van der Waals surface area contributed by atoms with Crippen LogP contribution in [0.1, 0.15) is 43.7 Å². The fourth-order valence-electron chi connectivity index (χ4n) is 4.94. The minimum Gasteiger partial charge on any atom is -0.508 e. The van der Waals surface area contributed by atoms with E-state index in [4.69, 9.17) is 0 Å². The number of hydrogen-bond donors (Lipinski definition) is 2. The van der Waals surface area contributed by atoms with Crippen LogP contribution in [0.2, 0.25) is 0 Å². The van der Waals surface area contributed by atoms with Gasteiger partial charge in [0.25, 0.3) is 0 Å². The van der Waals surface area contributed by atoms with Crippen LogP contribution < -0.4 is 0 Å². The summed E-state index contributed by atoms with van der Waals surface area (Å²) < 4.78 is 0. The van der Waals surface area contributed by atoms with Crippen LogP contribution in [0.25, 0.3) is 5.57 Å². The summed E-state index contributed by atoms with van der Waals surface area (Å²) in [5.41, 5.74) is 4.18. The number of fused-ring (bicyclic) bond motifs is 5. The second-order valence-corrected chi connectivity index (χ2v) is 7.06. The first kappa shape index (κ1) is 12.5. The molecular formula is C18H22O2. The first-order chi connectivity index (χ1) is 9.59. The van der Waals surface area contributed by atoms with Gasteiger partial charge in [0.2, 0.25) is 0 Å². The normalized spacial score (nSPS) is 38.7. The lowest BCUT2D eigenvalue weighted by Crippen LogP contribution is -2.39. The van der Waals surface area contributed by atoms with Crippen LogP contribution in [0.3, 0.4) is 0 Å². The summed E-state index contributed by atoms with van der Waals surface area (Å²) in [6.07, 6.45) is 7.56. The first-order valence-electron chi connectivity index (χ1n) is 7.80. The lowest BCUT2D eigenvalue weighted by Gasteiger charge is -2.45. The molecule has 0 radical (unpaired) electrons. The predicted molar refractivity (Wildman–Crippen MR) is 79.3 cm³/mol. The molecule has 2 N–H and O–H groups in total. The van der Waals surface area contributed by atoms with E-state index in [1.54, 1.807) is 6.07 Å². The zero-order chi connectivity index (χ0) is 13.9. The van der Waals surface area contributed by atoms with Crippen molar-refractivity contribution in [3.8, 4) is 5.75 Å². The fourth-order valence-corrected chi connectivity index (χ4v) is 4.94. The molecule has 0 aromatic heterocycles. The molecule has 3 aliphatic carbocycles. The van der Waals surface area contributed by atoms with Crippen molar-refractivity contribution in [1.29, 1.82) is 0 Å². The van der Waals surface area contributed by atoms with E-state index >= 15 is 0 Å². The fraction of sp³-hybridized carbons (Fsp3) is 0.556. The number of hydrogen-bond acceptors (Lipinski definition) is 2. The molecule has 3 aliphatic rings. The van der Waals surface area contributed by atoms with E-state index in [9.17, 15) is 10.2 Å². The van der Waals surface area contributed by atoms with E-state index in [0.29, 0.717) is 17.6 Å². The molecule has 1 saturated carbocycles. The molecule has 20 heavy (non-hydrogen) atoms. The number of rotatable bonds is 0. The second kappa shape index (κ2) is 4.11. The molecule has 1 aromatic carbocycles. The number of aliphatic hydroxyl groups is 1. The lowest BCUT2D eigenvalue weighted by atomic mass is 9.60. The maximum Gasteiger partial charge on any atom is 0.115 e. The molecule has 0 bridgehead atoms. The molecule has 4 atom stereocenters. The van der Waals surface area contributed by atoms with Gasteiger partial charge in [-0.25, -0.2) is 0 Å². The molecule has 0 amide bonds. The number of phenolic OH excluding ortho intramolecular Hbond substituents is 1. The van der Waals surface area contributed by atoms with Gasteiger partial charge in [-0.1, -0.05) is 19.1 Å². The van der Waals surface area contributed by atoms with Gasteiger partial charge in [0.05, 0.1) is 6.10 Å². The molecule has 106 valence electrons. The number of benzene rings is 1. The zero-order valence-electron chi connectivity index (χ0n) is 12.0. The van der Waals surface area contributed by atoms with Gasteiger partial charge in [-0.15, -0.1) is 0 Å². The van der Waals surface area contributed by atoms with E-state index in [-0.39, 0.29) is 11.5 Å². The molecule has 0 saturated heterocycles. The maximum absolute atomic E-state index is 10.3. The van der Waals surface area contributed by atoms with Gasteiger partial charge in [0.15, 0.2) is 0 Å². The average molecular weight is 270 g/mol. The maximum atomic E-state index is 10.3. The molecule has 0 aliphatic heterocycles. The van der Waals surface area contributed by atoms with E-state index in [1.807, 2.05) is 6.07 Å². The minimum atomic E-state index is -0.133. The van der Waals surface area contributed by atoms with Crippen LogP contribution in [0.15, 0.2) is 24.3 Å². The second-order valence-electron chi connectivity index (χ2n) is 7.06. The quantitative estimate of drug-likeness (QED) is 0.757. The van der Waals surface area contributed by atoms with Crippen LogP contribution in [0, 0.1) is 17.3 Å². The molecule has 4 rings (SSSR count). The molecular weight excluding hydrogens is 248 g/mol. The standard InChI is InChI=1S/C18H22O2/c1-18-9-8-14-13-5-3-12(19)10-11(13)2-4-15(14)16(18)6-7-17(18)20/h3,5,8,10,15-17,19-20H,2,4,6-7,9H2,1H3/t15-,16+,17+,18-/m0/s1. The Labute approximate surface area is 120 Å². The summed E-state index contributed by atoms with van der Waals surface area (Å²) in [6.45, 7) is 2.27. The van der Waals surface area contributed by atoms with Crippen molar-refractivity contribution in [2.45, 2.75) is 45.1 Å². The summed E-state index contributed by atoms with van der Waals surface area (Å²) in [7, 11) is 0. The summed E-state index contributed by atoms with van der Waals surface area (Å²) >= 11 is 0. The highest BCUT2D eigenvalue weighted by Crippen LogP contribution is 2.58. The van der Waals surface area contributed by atoms with E-state index < -0.39 is 0 Å². The van der Waals surface area contributed by atoms with Gasteiger partial charge in [-0.2, -0.15) is 0 Å². The van der Waals surface area contributed by atoms with Gasteiger partial charge >= 0.3 is 0 Å². The van der Waals surface area contributed by atoms with Crippen LogP contribution in [0.5, 0.6) is 5.75 Å². The third-order valence-electron chi connectivity index (χ3n) is 6.13. The topological polar surface area (TPSA) is 40.5 Å². The Bertz CT molecular complexity index is 589. The van der Waals surface area contributed by atoms with Crippen molar-refractivity contribution in [1.82, 2.24) is 0 Å². The highest BCUT2D eigenvalue weighted by atomic mass is 16.3. The van der Waals surface area contributed by atoms with E-state index in [2.05, 4.69) is 19.1 Å². The van der Waals surface area contributed by atoms with Gasteiger partial charge in [0, 0.05) is 5.41 Å². The molecule has 0 heterocycles. The molecule has 0 spiro atoms. The van der Waals surface area contributed by atoms with Gasteiger partial charge < -0.3 is 10.2 Å².